The van der Waals surface area contributed by atoms with Crippen molar-refractivity contribution in [2.45, 2.75) is 13.5 Å². The van der Waals surface area contributed by atoms with Crippen molar-refractivity contribution in [3.63, 3.8) is 0 Å². The van der Waals surface area contributed by atoms with E-state index in [1.165, 1.54) is 0 Å². The number of aryl methyl sites for hydroxylation is 1. The van der Waals surface area contributed by atoms with Gasteiger partial charge < -0.3 is 10.4 Å². The summed E-state index contributed by atoms with van der Waals surface area (Å²) in [6.07, 6.45) is 0. The van der Waals surface area contributed by atoms with Crippen molar-refractivity contribution in [1.29, 1.82) is 0 Å². The summed E-state index contributed by atoms with van der Waals surface area (Å²) in [5.41, 5.74) is 1.80. The van der Waals surface area contributed by atoms with E-state index in [9.17, 15) is 14.7 Å². The third kappa shape index (κ3) is 4.00. The van der Waals surface area contributed by atoms with Crippen LogP contribution in [0.5, 0.6) is 5.75 Å². The Balaban J connectivity index is 1.85. The van der Waals surface area contributed by atoms with E-state index in [4.69, 9.17) is 0 Å². The lowest BCUT2D eigenvalue weighted by atomic mass is 10.1. The maximum absolute atomic E-state index is 12.4. The van der Waals surface area contributed by atoms with Gasteiger partial charge in [0.15, 0.2) is 11.4 Å². The molecule has 6 nitrogen and oxygen atoms in total. The van der Waals surface area contributed by atoms with E-state index in [2.05, 4.69) is 26.3 Å². The average molecular weight is 414 g/mol. The highest BCUT2D eigenvalue weighted by molar-refractivity contribution is 9.10. The lowest BCUT2D eigenvalue weighted by Gasteiger charge is -2.10. The fourth-order valence-electron chi connectivity index (χ4n) is 2.35. The molecule has 0 unspecified atom stereocenters. The van der Waals surface area contributed by atoms with Crippen LogP contribution in [0.4, 0.5) is 0 Å². The quantitative estimate of drug-likeness (QED) is 0.688. The van der Waals surface area contributed by atoms with Crippen LogP contribution in [-0.4, -0.2) is 20.8 Å². The molecule has 0 aliphatic heterocycles. The first-order valence-corrected chi connectivity index (χ1v) is 8.66. The molecule has 0 fully saturated rings. The largest absolute Gasteiger partial charge is 0.505 e. The van der Waals surface area contributed by atoms with Gasteiger partial charge in [0.1, 0.15) is 0 Å². The molecule has 0 saturated carbocycles. The van der Waals surface area contributed by atoms with Gasteiger partial charge in [0, 0.05) is 17.1 Å². The molecule has 0 aliphatic carbocycles. The van der Waals surface area contributed by atoms with Gasteiger partial charge in [-0.05, 0) is 36.8 Å². The Kier molecular flexibility index (Phi) is 5.18. The van der Waals surface area contributed by atoms with E-state index in [-0.39, 0.29) is 12.2 Å². The van der Waals surface area contributed by atoms with E-state index >= 15 is 0 Å². The van der Waals surface area contributed by atoms with Crippen molar-refractivity contribution in [3.8, 4) is 11.4 Å². The van der Waals surface area contributed by atoms with Gasteiger partial charge in [0.25, 0.3) is 11.5 Å². The second kappa shape index (κ2) is 7.53. The Morgan fingerprint density at radius 3 is 2.46 bits per heavy atom. The van der Waals surface area contributed by atoms with Crippen LogP contribution in [-0.2, 0) is 6.54 Å². The normalized spacial score (nSPS) is 10.5. The zero-order valence-corrected chi connectivity index (χ0v) is 15.5. The van der Waals surface area contributed by atoms with Gasteiger partial charge in [-0.15, -0.1) is 0 Å². The third-order valence-corrected chi connectivity index (χ3v) is 4.30. The molecule has 2 N–H and O–H groups in total. The molecule has 132 valence electrons. The highest BCUT2D eigenvalue weighted by Gasteiger charge is 2.16. The molecule has 0 saturated heterocycles. The van der Waals surface area contributed by atoms with Crippen LogP contribution in [0, 0.1) is 6.92 Å². The molecule has 0 spiro atoms. The molecule has 1 amide bonds. The molecule has 2 aromatic carbocycles. The van der Waals surface area contributed by atoms with Crippen LogP contribution in [0.3, 0.4) is 0 Å². The van der Waals surface area contributed by atoms with E-state index in [0.717, 1.165) is 26.3 Å². The Labute approximate surface area is 158 Å². The van der Waals surface area contributed by atoms with Gasteiger partial charge in [-0.3, -0.25) is 9.59 Å². The summed E-state index contributed by atoms with van der Waals surface area (Å²) in [4.78, 5) is 24.5. The SMILES string of the molecule is Cc1ccc(CNC(=O)c2nn(-c3ccc(Br)cc3)c(=O)cc2O)cc1. The highest BCUT2D eigenvalue weighted by Crippen LogP contribution is 2.15. The third-order valence-electron chi connectivity index (χ3n) is 3.77. The number of aromatic hydroxyl groups is 1. The van der Waals surface area contributed by atoms with Crippen molar-refractivity contribution >= 4 is 21.8 Å². The monoisotopic (exact) mass is 413 g/mol. The molecular weight excluding hydrogens is 398 g/mol. The van der Waals surface area contributed by atoms with Crippen molar-refractivity contribution in [2.24, 2.45) is 0 Å². The smallest absolute Gasteiger partial charge is 0.275 e. The van der Waals surface area contributed by atoms with E-state index in [1.807, 2.05) is 31.2 Å². The first-order valence-electron chi connectivity index (χ1n) is 7.87. The van der Waals surface area contributed by atoms with Crippen LogP contribution >= 0.6 is 15.9 Å². The van der Waals surface area contributed by atoms with Gasteiger partial charge in [0.2, 0.25) is 0 Å². The van der Waals surface area contributed by atoms with Crippen LogP contribution in [0.25, 0.3) is 5.69 Å². The van der Waals surface area contributed by atoms with Crippen molar-refractivity contribution < 1.29 is 9.90 Å². The average Bonchev–Trinajstić information content (AvgIpc) is 2.62. The number of nitrogens with one attached hydrogen (secondary N) is 1. The summed E-state index contributed by atoms with van der Waals surface area (Å²) in [6.45, 7) is 2.27. The number of carbonyl (C=O) groups excluding carboxylic acids is 1. The maximum Gasteiger partial charge on any atom is 0.275 e. The number of benzene rings is 2. The van der Waals surface area contributed by atoms with Crippen molar-refractivity contribution in [2.75, 3.05) is 0 Å². The summed E-state index contributed by atoms with van der Waals surface area (Å²) in [7, 11) is 0. The lowest BCUT2D eigenvalue weighted by molar-refractivity contribution is 0.0941. The molecule has 0 atom stereocenters. The topological polar surface area (TPSA) is 84.2 Å². The van der Waals surface area contributed by atoms with Crippen molar-refractivity contribution in [1.82, 2.24) is 15.1 Å². The molecule has 0 radical (unpaired) electrons. The summed E-state index contributed by atoms with van der Waals surface area (Å²) >= 11 is 3.32. The van der Waals surface area contributed by atoms with Crippen LogP contribution < -0.4 is 10.9 Å². The Bertz CT molecular complexity index is 996. The van der Waals surface area contributed by atoms with E-state index in [0.29, 0.717) is 5.69 Å². The molecule has 1 aromatic heterocycles. The van der Waals surface area contributed by atoms with Gasteiger partial charge in [0.05, 0.1) is 5.69 Å². The minimum absolute atomic E-state index is 0.209. The molecule has 7 heteroatoms. The van der Waals surface area contributed by atoms with Crippen LogP contribution in [0.1, 0.15) is 21.6 Å². The van der Waals surface area contributed by atoms with Gasteiger partial charge in [-0.1, -0.05) is 45.8 Å². The van der Waals surface area contributed by atoms with Crippen LogP contribution in [0.2, 0.25) is 0 Å². The zero-order valence-electron chi connectivity index (χ0n) is 13.9. The lowest BCUT2D eigenvalue weighted by Crippen LogP contribution is -2.29. The predicted molar refractivity (Wildman–Crippen MR) is 102 cm³/mol. The summed E-state index contributed by atoms with van der Waals surface area (Å²) in [6, 6.07) is 15.6. The van der Waals surface area contributed by atoms with Crippen molar-refractivity contribution in [3.05, 3.63) is 86.2 Å². The standard InChI is InChI=1S/C19H16BrN3O3/c1-12-2-4-13(5-3-12)11-21-19(26)18-16(24)10-17(25)23(22-18)15-8-6-14(20)7-9-15/h2-10,24H,11H2,1H3,(H,21,26). The van der Waals surface area contributed by atoms with Gasteiger partial charge in [-0.25, -0.2) is 0 Å². The second-order valence-electron chi connectivity index (χ2n) is 5.77. The first-order chi connectivity index (χ1) is 12.4. The summed E-state index contributed by atoms with van der Waals surface area (Å²) < 4.78 is 1.93. The fraction of sp³-hybridized carbons (Fsp3) is 0.105. The predicted octanol–water partition coefficient (Wildman–Crippen LogP) is 2.94. The summed E-state index contributed by atoms with van der Waals surface area (Å²) in [5, 5.41) is 16.7. The molecular formula is C19H16BrN3O3. The molecule has 0 bridgehead atoms. The fourth-order valence-corrected chi connectivity index (χ4v) is 2.61. The number of rotatable bonds is 4. The number of aromatic nitrogens is 2. The van der Waals surface area contributed by atoms with E-state index < -0.39 is 17.2 Å². The molecule has 1 heterocycles. The minimum Gasteiger partial charge on any atom is -0.505 e. The Hall–Kier alpha value is -2.93. The number of amides is 1. The number of hydrogen-bond acceptors (Lipinski definition) is 4. The minimum atomic E-state index is -0.561. The highest BCUT2D eigenvalue weighted by atomic mass is 79.9. The molecule has 26 heavy (non-hydrogen) atoms. The van der Waals surface area contributed by atoms with Crippen LogP contribution in [0.15, 0.2) is 63.9 Å². The first kappa shape index (κ1) is 17.9. The Morgan fingerprint density at radius 1 is 1.15 bits per heavy atom. The Morgan fingerprint density at radius 2 is 1.81 bits per heavy atom. The molecule has 0 aliphatic rings. The molecule has 3 rings (SSSR count). The number of carbonyl (C=O) groups is 1. The number of nitrogens with zero attached hydrogens (tertiary/aromatic N) is 2. The van der Waals surface area contributed by atoms with Gasteiger partial charge in [-0.2, -0.15) is 9.78 Å². The van der Waals surface area contributed by atoms with E-state index in [1.54, 1.807) is 24.3 Å². The second-order valence-corrected chi connectivity index (χ2v) is 6.69. The number of halogens is 1. The van der Waals surface area contributed by atoms with Gasteiger partial charge >= 0.3 is 0 Å². The summed E-state index contributed by atoms with van der Waals surface area (Å²) in [5.74, 6) is -1.02. The zero-order chi connectivity index (χ0) is 18.7. The number of hydrogen-bond donors (Lipinski definition) is 2. The maximum atomic E-state index is 12.4. The molecule has 3 aromatic rings.